The molecule has 0 aliphatic heterocycles. The molecule has 2 aromatic carbocycles. The van der Waals surface area contributed by atoms with Crippen molar-refractivity contribution < 1.29 is 18.7 Å². The summed E-state index contributed by atoms with van der Waals surface area (Å²) in [5, 5.41) is 3.08. The Bertz CT molecular complexity index is 940. The van der Waals surface area contributed by atoms with Crippen molar-refractivity contribution in [2.75, 3.05) is 25.5 Å². The smallest absolute Gasteiger partial charge is 0.415 e. The lowest BCUT2D eigenvalue weighted by Crippen LogP contribution is -2.31. The van der Waals surface area contributed by atoms with Crippen molar-refractivity contribution in [1.82, 2.24) is 9.88 Å². The summed E-state index contributed by atoms with van der Waals surface area (Å²) in [4.78, 5) is 29.7. The van der Waals surface area contributed by atoms with E-state index in [1.807, 2.05) is 30.3 Å². The van der Waals surface area contributed by atoms with Gasteiger partial charge in [0.25, 0.3) is 0 Å². The molecule has 1 aromatic heterocycles. The van der Waals surface area contributed by atoms with E-state index in [-0.39, 0.29) is 25.1 Å². The highest BCUT2D eigenvalue weighted by Crippen LogP contribution is 2.18. The van der Waals surface area contributed by atoms with Crippen molar-refractivity contribution in [1.29, 1.82) is 0 Å². The van der Waals surface area contributed by atoms with E-state index < -0.39 is 6.09 Å². The number of likely N-dealkylation sites (N-methyl/N-ethyl adjacent to an activating group) is 1. The SMILES string of the molecule is CN(CCOC(=O)Nc1nc2ccccc2o1)C(=O)CCc1ccccc1Cl. The maximum atomic E-state index is 12.2. The molecule has 3 rings (SSSR count). The van der Waals surface area contributed by atoms with Crippen molar-refractivity contribution in [3.63, 3.8) is 0 Å². The van der Waals surface area contributed by atoms with Gasteiger partial charge in [-0.1, -0.05) is 41.9 Å². The van der Waals surface area contributed by atoms with Crippen LogP contribution in [0.2, 0.25) is 5.02 Å². The van der Waals surface area contributed by atoms with Gasteiger partial charge in [0, 0.05) is 18.5 Å². The second kappa shape index (κ2) is 9.23. The number of rotatable bonds is 7. The molecular weight excluding hydrogens is 382 g/mol. The third-order valence-electron chi connectivity index (χ3n) is 4.15. The Kier molecular flexibility index (Phi) is 6.49. The molecular formula is C20H20ClN3O4. The van der Waals surface area contributed by atoms with Crippen molar-refractivity contribution in [3.05, 3.63) is 59.1 Å². The highest BCUT2D eigenvalue weighted by molar-refractivity contribution is 6.31. The molecule has 0 bridgehead atoms. The molecule has 7 nitrogen and oxygen atoms in total. The Hall–Kier alpha value is -3.06. The van der Waals surface area contributed by atoms with Gasteiger partial charge in [-0.2, -0.15) is 4.98 Å². The summed E-state index contributed by atoms with van der Waals surface area (Å²) >= 11 is 6.10. The van der Waals surface area contributed by atoms with Gasteiger partial charge in [-0.3, -0.25) is 4.79 Å². The van der Waals surface area contributed by atoms with E-state index in [9.17, 15) is 9.59 Å². The Morgan fingerprint density at radius 3 is 2.71 bits per heavy atom. The summed E-state index contributed by atoms with van der Waals surface area (Å²) in [6.07, 6.45) is 0.195. The molecule has 28 heavy (non-hydrogen) atoms. The fourth-order valence-electron chi connectivity index (χ4n) is 2.58. The number of halogens is 1. The number of hydrogen-bond acceptors (Lipinski definition) is 5. The molecule has 8 heteroatoms. The van der Waals surface area contributed by atoms with Crippen LogP contribution in [0.4, 0.5) is 10.8 Å². The molecule has 0 atom stereocenters. The van der Waals surface area contributed by atoms with Crippen LogP contribution in [0.25, 0.3) is 11.1 Å². The fraction of sp³-hybridized carbons (Fsp3) is 0.250. The van der Waals surface area contributed by atoms with E-state index in [1.54, 1.807) is 25.2 Å². The molecule has 0 fully saturated rings. The van der Waals surface area contributed by atoms with Crippen LogP contribution in [0.5, 0.6) is 0 Å². The molecule has 2 amide bonds. The second-order valence-electron chi connectivity index (χ2n) is 6.15. The molecule has 0 radical (unpaired) electrons. The lowest BCUT2D eigenvalue weighted by atomic mass is 10.1. The number of ether oxygens (including phenoxy) is 1. The Labute approximate surface area is 167 Å². The number of carbonyl (C=O) groups is 2. The van der Waals surface area contributed by atoms with Gasteiger partial charge in [0.1, 0.15) is 12.1 Å². The molecule has 0 unspecified atom stereocenters. The Morgan fingerprint density at radius 1 is 1.18 bits per heavy atom. The number of aromatic nitrogens is 1. The highest BCUT2D eigenvalue weighted by atomic mass is 35.5. The first kappa shape index (κ1) is 19.7. The van der Waals surface area contributed by atoms with Gasteiger partial charge in [0.15, 0.2) is 5.58 Å². The highest BCUT2D eigenvalue weighted by Gasteiger charge is 2.13. The van der Waals surface area contributed by atoms with Crippen LogP contribution in [0.15, 0.2) is 52.9 Å². The van der Waals surface area contributed by atoms with E-state index in [0.717, 1.165) is 5.56 Å². The van der Waals surface area contributed by atoms with Crippen LogP contribution < -0.4 is 5.32 Å². The van der Waals surface area contributed by atoms with Gasteiger partial charge >= 0.3 is 12.1 Å². The van der Waals surface area contributed by atoms with Gasteiger partial charge in [-0.25, -0.2) is 10.1 Å². The summed E-state index contributed by atoms with van der Waals surface area (Å²) < 4.78 is 10.5. The first-order valence-electron chi connectivity index (χ1n) is 8.79. The predicted molar refractivity (Wildman–Crippen MR) is 106 cm³/mol. The number of oxazole rings is 1. The number of fused-ring (bicyclic) bond motifs is 1. The second-order valence-corrected chi connectivity index (χ2v) is 6.56. The Balaban J connectivity index is 1.39. The summed E-state index contributed by atoms with van der Waals surface area (Å²) in [5.74, 6) is -0.0529. The zero-order valence-corrected chi connectivity index (χ0v) is 16.1. The molecule has 0 saturated heterocycles. The van der Waals surface area contributed by atoms with E-state index in [0.29, 0.717) is 29.0 Å². The normalized spacial score (nSPS) is 10.6. The van der Waals surface area contributed by atoms with E-state index in [1.165, 1.54) is 4.90 Å². The minimum Gasteiger partial charge on any atom is -0.447 e. The molecule has 3 aromatic rings. The van der Waals surface area contributed by atoms with E-state index >= 15 is 0 Å². The third-order valence-corrected chi connectivity index (χ3v) is 4.52. The average Bonchev–Trinajstić information content (AvgIpc) is 3.09. The maximum Gasteiger partial charge on any atom is 0.415 e. The number of amides is 2. The van der Waals surface area contributed by atoms with Gasteiger partial charge in [0.2, 0.25) is 5.91 Å². The van der Waals surface area contributed by atoms with Gasteiger partial charge in [-0.05, 0) is 30.2 Å². The number of hydrogen-bond donors (Lipinski definition) is 1. The van der Waals surface area contributed by atoms with Crippen LogP contribution in [-0.4, -0.2) is 42.1 Å². The molecule has 1 N–H and O–H groups in total. The summed E-state index contributed by atoms with van der Waals surface area (Å²) in [7, 11) is 1.66. The number of anilines is 1. The minimum atomic E-state index is -0.691. The van der Waals surface area contributed by atoms with Crippen LogP contribution in [0.3, 0.4) is 0 Å². The fourth-order valence-corrected chi connectivity index (χ4v) is 2.81. The van der Waals surface area contributed by atoms with Crippen LogP contribution >= 0.6 is 11.6 Å². The zero-order valence-electron chi connectivity index (χ0n) is 15.4. The van der Waals surface area contributed by atoms with Crippen molar-refractivity contribution >= 4 is 40.7 Å². The Morgan fingerprint density at radius 2 is 1.93 bits per heavy atom. The van der Waals surface area contributed by atoms with Gasteiger partial charge in [0.05, 0.1) is 6.54 Å². The van der Waals surface area contributed by atoms with Crippen molar-refractivity contribution in [2.45, 2.75) is 12.8 Å². The third kappa shape index (κ3) is 5.23. The van der Waals surface area contributed by atoms with E-state index in [4.69, 9.17) is 20.8 Å². The minimum absolute atomic E-state index is 0.0529. The lowest BCUT2D eigenvalue weighted by molar-refractivity contribution is -0.130. The summed E-state index contributed by atoms with van der Waals surface area (Å²) in [6, 6.07) is 14.7. The molecule has 0 aliphatic rings. The monoisotopic (exact) mass is 401 g/mol. The summed E-state index contributed by atoms with van der Waals surface area (Å²) in [6.45, 7) is 0.336. The number of aryl methyl sites for hydroxylation is 1. The van der Waals surface area contributed by atoms with E-state index in [2.05, 4.69) is 10.3 Å². The molecule has 0 aliphatic carbocycles. The topological polar surface area (TPSA) is 84.7 Å². The number of nitrogens with zero attached hydrogens (tertiary/aromatic N) is 2. The van der Waals surface area contributed by atoms with Crippen molar-refractivity contribution in [3.8, 4) is 0 Å². The van der Waals surface area contributed by atoms with Gasteiger partial charge in [-0.15, -0.1) is 0 Å². The largest absolute Gasteiger partial charge is 0.447 e. The zero-order chi connectivity index (χ0) is 19.9. The first-order chi connectivity index (χ1) is 13.5. The van der Waals surface area contributed by atoms with Crippen molar-refractivity contribution in [2.24, 2.45) is 0 Å². The number of para-hydroxylation sites is 2. The number of benzene rings is 2. The lowest BCUT2D eigenvalue weighted by Gasteiger charge is -2.17. The van der Waals surface area contributed by atoms with Gasteiger partial charge < -0.3 is 14.1 Å². The van der Waals surface area contributed by atoms with Crippen LogP contribution in [0.1, 0.15) is 12.0 Å². The van der Waals surface area contributed by atoms with Crippen LogP contribution in [-0.2, 0) is 16.0 Å². The molecule has 146 valence electrons. The molecule has 0 saturated carbocycles. The quantitative estimate of drug-likeness (QED) is 0.643. The maximum absolute atomic E-state index is 12.2. The molecule has 1 heterocycles. The number of nitrogens with one attached hydrogen (secondary N) is 1. The standard InChI is InChI=1S/C20H20ClN3O4/c1-24(18(25)11-10-14-6-2-3-7-15(14)21)12-13-27-20(26)23-19-22-16-8-4-5-9-17(16)28-19/h2-9H,10-13H2,1H3,(H,22,23,26). The molecule has 0 spiro atoms. The summed E-state index contributed by atoms with van der Waals surface area (Å²) in [5.41, 5.74) is 2.14. The number of carbonyl (C=O) groups excluding carboxylic acids is 2. The average molecular weight is 402 g/mol. The van der Waals surface area contributed by atoms with Crippen LogP contribution in [0, 0.1) is 0 Å². The first-order valence-corrected chi connectivity index (χ1v) is 9.17. The predicted octanol–water partition coefficient (Wildman–Crippen LogP) is 4.12.